The molecular weight excluding hydrogens is 254 g/mol. The van der Waals surface area contributed by atoms with Crippen LogP contribution in [0.25, 0.3) is 10.6 Å². The van der Waals surface area contributed by atoms with E-state index in [1.807, 2.05) is 29.6 Å². The van der Waals surface area contributed by atoms with E-state index in [4.69, 9.17) is 0 Å². The fraction of sp³-hybridized carbons (Fsp3) is 0.0667. The summed E-state index contributed by atoms with van der Waals surface area (Å²) in [4.78, 5) is 9.93. The van der Waals surface area contributed by atoms with Gasteiger partial charge in [0.05, 0.1) is 10.6 Å². The molecule has 0 spiro atoms. The predicted octanol–water partition coefficient (Wildman–Crippen LogP) is 4.26. The molecule has 4 heteroatoms. The van der Waals surface area contributed by atoms with Crippen molar-refractivity contribution in [3.8, 4) is 10.6 Å². The summed E-state index contributed by atoms with van der Waals surface area (Å²) >= 11 is 1.68. The first-order valence-electron chi connectivity index (χ1n) is 6.02. The molecule has 0 bridgehead atoms. The van der Waals surface area contributed by atoms with Crippen LogP contribution < -0.4 is 5.32 Å². The molecule has 0 aliphatic carbocycles. The fourth-order valence-corrected chi connectivity index (χ4v) is 2.53. The van der Waals surface area contributed by atoms with Crippen molar-refractivity contribution in [2.75, 3.05) is 5.32 Å². The third-order valence-electron chi connectivity index (χ3n) is 2.70. The summed E-state index contributed by atoms with van der Waals surface area (Å²) in [5.74, 6) is 0.622. The number of nitrogens with one attached hydrogen (secondary N) is 1. The van der Waals surface area contributed by atoms with Gasteiger partial charge >= 0.3 is 0 Å². The second kappa shape index (κ2) is 5.20. The number of anilines is 2. The van der Waals surface area contributed by atoms with Crippen LogP contribution in [0.1, 0.15) is 5.56 Å². The lowest BCUT2D eigenvalue weighted by atomic mass is 10.2. The van der Waals surface area contributed by atoms with Gasteiger partial charge < -0.3 is 5.32 Å². The Morgan fingerprint density at radius 1 is 1.11 bits per heavy atom. The standard InChI is InChI=1S/C15H13N3S/c1-11-4-2-5-12(10-11)17-15-16-8-7-13(18-15)14-6-3-9-19-14/h2-10H,1H3,(H,16,17,18). The zero-order valence-corrected chi connectivity index (χ0v) is 11.3. The van der Waals surface area contributed by atoms with E-state index in [2.05, 4.69) is 40.4 Å². The Balaban J connectivity index is 1.88. The molecule has 0 atom stereocenters. The van der Waals surface area contributed by atoms with E-state index in [1.54, 1.807) is 17.5 Å². The van der Waals surface area contributed by atoms with Gasteiger partial charge in [-0.1, -0.05) is 18.2 Å². The van der Waals surface area contributed by atoms with E-state index in [0.29, 0.717) is 5.95 Å². The molecule has 3 nitrogen and oxygen atoms in total. The maximum atomic E-state index is 4.53. The normalized spacial score (nSPS) is 10.4. The van der Waals surface area contributed by atoms with Crippen LogP contribution in [0.3, 0.4) is 0 Å². The number of hydrogen-bond donors (Lipinski definition) is 1. The molecule has 2 heterocycles. The average molecular weight is 267 g/mol. The van der Waals surface area contributed by atoms with Crippen molar-refractivity contribution in [2.45, 2.75) is 6.92 Å². The minimum atomic E-state index is 0.622. The van der Waals surface area contributed by atoms with Crippen molar-refractivity contribution < 1.29 is 0 Å². The van der Waals surface area contributed by atoms with Crippen LogP contribution in [0.5, 0.6) is 0 Å². The molecule has 19 heavy (non-hydrogen) atoms. The maximum Gasteiger partial charge on any atom is 0.227 e. The molecule has 0 radical (unpaired) electrons. The van der Waals surface area contributed by atoms with E-state index in [1.165, 1.54) is 5.56 Å². The number of aryl methyl sites for hydroxylation is 1. The summed E-state index contributed by atoms with van der Waals surface area (Å²) in [6.07, 6.45) is 1.78. The summed E-state index contributed by atoms with van der Waals surface area (Å²) in [5, 5.41) is 5.28. The highest BCUT2D eigenvalue weighted by Crippen LogP contribution is 2.23. The Labute approximate surface area is 116 Å². The molecule has 3 rings (SSSR count). The summed E-state index contributed by atoms with van der Waals surface area (Å²) in [6, 6.07) is 14.2. The molecular formula is C15H13N3S. The zero-order valence-electron chi connectivity index (χ0n) is 10.5. The minimum absolute atomic E-state index is 0.622. The average Bonchev–Trinajstić information content (AvgIpc) is 2.93. The number of aromatic nitrogens is 2. The third kappa shape index (κ3) is 2.80. The predicted molar refractivity (Wildman–Crippen MR) is 79.8 cm³/mol. The summed E-state index contributed by atoms with van der Waals surface area (Å²) in [7, 11) is 0. The SMILES string of the molecule is Cc1cccc(Nc2nccc(-c3cccs3)n2)c1. The van der Waals surface area contributed by atoms with Gasteiger partial charge in [-0.25, -0.2) is 9.97 Å². The quantitative estimate of drug-likeness (QED) is 0.770. The first-order valence-corrected chi connectivity index (χ1v) is 6.90. The molecule has 0 amide bonds. The molecule has 0 aliphatic rings. The smallest absolute Gasteiger partial charge is 0.227 e. The van der Waals surface area contributed by atoms with E-state index >= 15 is 0 Å². The van der Waals surface area contributed by atoms with Crippen LogP contribution in [0, 0.1) is 6.92 Å². The monoisotopic (exact) mass is 267 g/mol. The lowest BCUT2D eigenvalue weighted by Gasteiger charge is -2.06. The van der Waals surface area contributed by atoms with Crippen molar-refractivity contribution in [1.29, 1.82) is 0 Å². The highest BCUT2D eigenvalue weighted by molar-refractivity contribution is 7.13. The Hall–Kier alpha value is -2.20. The van der Waals surface area contributed by atoms with Gasteiger partial charge in [-0.3, -0.25) is 0 Å². The molecule has 2 aromatic heterocycles. The Morgan fingerprint density at radius 2 is 2.05 bits per heavy atom. The minimum Gasteiger partial charge on any atom is -0.324 e. The number of thiophene rings is 1. The number of hydrogen-bond acceptors (Lipinski definition) is 4. The van der Waals surface area contributed by atoms with Crippen LogP contribution in [-0.4, -0.2) is 9.97 Å². The van der Waals surface area contributed by atoms with Gasteiger partial charge in [-0.2, -0.15) is 0 Å². The lowest BCUT2D eigenvalue weighted by Crippen LogP contribution is -1.97. The first kappa shape index (κ1) is 11.9. The Morgan fingerprint density at radius 3 is 2.84 bits per heavy atom. The fourth-order valence-electron chi connectivity index (χ4n) is 1.83. The Bertz CT molecular complexity index is 677. The van der Waals surface area contributed by atoms with Crippen molar-refractivity contribution in [2.24, 2.45) is 0 Å². The van der Waals surface area contributed by atoms with Gasteiger partial charge in [0.1, 0.15) is 0 Å². The van der Waals surface area contributed by atoms with Crippen molar-refractivity contribution in [1.82, 2.24) is 9.97 Å². The highest BCUT2D eigenvalue weighted by atomic mass is 32.1. The number of rotatable bonds is 3. The zero-order chi connectivity index (χ0) is 13.1. The molecule has 0 saturated carbocycles. The van der Waals surface area contributed by atoms with Gasteiger partial charge in [0, 0.05) is 11.9 Å². The van der Waals surface area contributed by atoms with E-state index in [9.17, 15) is 0 Å². The van der Waals surface area contributed by atoms with Crippen LogP contribution in [-0.2, 0) is 0 Å². The van der Waals surface area contributed by atoms with Gasteiger partial charge in [-0.15, -0.1) is 11.3 Å². The van der Waals surface area contributed by atoms with Gasteiger partial charge in [0.25, 0.3) is 0 Å². The van der Waals surface area contributed by atoms with E-state index in [-0.39, 0.29) is 0 Å². The topological polar surface area (TPSA) is 37.8 Å². The van der Waals surface area contributed by atoms with E-state index in [0.717, 1.165) is 16.3 Å². The third-order valence-corrected chi connectivity index (χ3v) is 3.60. The van der Waals surface area contributed by atoms with Crippen LogP contribution >= 0.6 is 11.3 Å². The number of benzene rings is 1. The van der Waals surface area contributed by atoms with Crippen LogP contribution in [0.15, 0.2) is 54.0 Å². The molecule has 0 aliphatic heterocycles. The Kier molecular flexibility index (Phi) is 3.25. The molecule has 0 unspecified atom stereocenters. The summed E-state index contributed by atoms with van der Waals surface area (Å²) < 4.78 is 0. The molecule has 94 valence electrons. The molecule has 3 aromatic rings. The van der Waals surface area contributed by atoms with E-state index < -0.39 is 0 Å². The van der Waals surface area contributed by atoms with Crippen molar-refractivity contribution >= 4 is 23.0 Å². The van der Waals surface area contributed by atoms with Gasteiger partial charge in [0.2, 0.25) is 5.95 Å². The van der Waals surface area contributed by atoms with Gasteiger partial charge in [0.15, 0.2) is 0 Å². The summed E-state index contributed by atoms with van der Waals surface area (Å²) in [5.41, 5.74) is 3.16. The second-order valence-electron chi connectivity index (χ2n) is 4.24. The number of nitrogens with zero attached hydrogens (tertiary/aromatic N) is 2. The van der Waals surface area contributed by atoms with Crippen LogP contribution in [0.4, 0.5) is 11.6 Å². The first-order chi connectivity index (χ1) is 9.31. The maximum absolute atomic E-state index is 4.53. The van der Waals surface area contributed by atoms with Crippen LogP contribution in [0.2, 0.25) is 0 Å². The lowest BCUT2D eigenvalue weighted by molar-refractivity contribution is 1.17. The molecule has 0 saturated heterocycles. The highest BCUT2D eigenvalue weighted by Gasteiger charge is 2.03. The van der Waals surface area contributed by atoms with Gasteiger partial charge in [-0.05, 0) is 42.1 Å². The van der Waals surface area contributed by atoms with Crippen molar-refractivity contribution in [3.05, 3.63) is 59.6 Å². The molecule has 1 N–H and O–H groups in total. The van der Waals surface area contributed by atoms with Crippen molar-refractivity contribution in [3.63, 3.8) is 0 Å². The second-order valence-corrected chi connectivity index (χ2v) is 5.18. The summed E-state index contributed by atoms with van der Waals surface area (Å²) in [6.45, 7) is 2.06. The molecule has 0 fully saturated rings. The largest absolute Gasteiger partial charge is 0.324 e. The molecule has 1 aromatic carbocycles.